The summed E-state index contributed by atoms with van der Waals surface area (Å²) in [4.78, 5) is 26.6. The van der Waals surface area contributed by atoms with Crippen molar-refractivity contribution in [2.75, 3.05) is 13.7 Å². The number of benzene rings is 2. The van der Waals surface area contributed by atoms with Crippen molar-refractivity contribution in [1.29, 1.82) is 0 Å². The maximum atomic E-state index is 15.4. The maximum Gasteiger partial charge on any atom is 0.270 e. The summed E-state index contributed by atoms with van der Waals surface area (Å²) >= 11 is 0. The molecule has 4 rings (SSSR count). The lowest BCUT2D eigenvalue weighted by Crippen LogP contribution is -2.51. The van der Waals surface area contributed by atoms with Gasteiger partial charge in [-0.3, -0.25) is 9.59 Å². The molecule has 2 amide bonds. The summed E-state index contributed by atoms with van der Waals surface area (Å²) in [5.74, 6) is -1.37. The predicted octanol–water partition coefficient (Wildman–Crippen LogP) is 4.59. The largest absolute Gasteiger partial charge is 0.497 e. The zero-order chi connectivity index (χ0) is 28.2. The SMILES string of the molecule is CCCCCCOc1ccc([C@]2(C)CC(c3ccc(OC)cc3)=C(C(=O)NS(=O)(=O)C3CC3)C(=O)N2)c(F)c1. The molecule has 1 atom stereocenters. The lowest BCUT2D eigenvalue weighted by molar-refractivity contribution is -0.124. The molecular weight excluding hydrogens is 523 g/mol. The molecule has 10 heteroatoms. The van der Waals surface area contributed by atoms with Crippen molar-refractivity contribution < 1.29 is 31.9 Å². The quantitative estimate of drug-likeness (QED) is 0.291. The highest BCUT2D eigenvalue weighted by Gasteiger charge is 2.43. The summed E-state index contributed by atoms with van der Waals surface area (Å²) in [6.07, 6.45) is 5.13. The Labute approximate surface area is 229 Å². The van der Waals surface area contributed by atoms with Gasteiger partial charge in [-0.25, -0.2) is 17.5 Å². The second-order valence-corrected chi connectivity index (χ2v) is 12.2. The van der Waals surface area contributed by atoms with E-state index in [-0.39, 0.29) is 17.6 Å². The molecule has 1 fully saturated rings. The number of methoxy groups -OCH3 is 1. The molecule has 210 valence electrons. The van der Waals surface area contributed by atoms with Crippen molar-refractivity contribution in [3.8, 4) is 11.5 Å². The van der Waals surface area contributed by atoms with Gasteiger partial charge in [0.15, 0.2) is 0 Å². The van der Waals surface area contributed by atoms with Crippen LogP contribution in [0.3, 0.4) is 0 Å². The molecule has 0 bridgehead atoms. The molecule has 39 heavy (non-hydrogen) atoms. The van der Waals surface area contributed by atoms with E-state index < -0.39 is 38.4 Å². The van der Waals surface area contributed by atoms with Gasteiger partial charge in [-0.15, -0.1) is 0 Å². The van der Waals surface area contributed by atoms with Gasteiger partial charge in [0.1, 0.15) is 22.9 Å². The van der Waals surface area contributed by atoms with E-state index in [0.717, 1.165) is 25.7 Å². The predicted molar refractivity (Wildman–Crippen MR) is 146 cm³/mol. The zero-order valence-corrected chi connectivity index (χ0v) is 23.3. The van der Waals surface area contributed by atoms with Gasteiger partial charge < -0.3 is 14.8 Å². The number of carbonyl (C=O) groups is 2. The molecular formula is C29H35FN2O6S. The average molecular weight is 559 g/mol. The summed E-state index contributed by atoms with van der Waals surface area (Å²) in [5.41, 5.74) is -0.462. The van der Waals surface area contributed by atoms with Crippen LogP contribution in [0.15, 0.2) is 48.0 Å². The fourth-order valence-corrected chi connectivity index (χ4v) is 6.06. The first kappa shape index (κ1) is 28.6. The molecule has 2 aromatic rings. The molecule has 1 heterocycles. The standard InChI is InChI=1S/C29H35FN2O6S/c1-4-5-6-7-16-38-21-12-15-24(25(30)17-21)29(2)18-23(19-8-10-20(37-3)11-9-19)26(27(33)31-29)28(34)32-39(35,36)22-13-14-22/h8-12,15,17,22H,4-7,13-14,16,18H2,1-3H3,(H,31,33)(H,32,34)/t29-/m0/s1. The van der Waals surface area contributed by atoms with Crippen LogP contribution in [-0.2, 0) is 25.2 Å². The van der Waals surface area contributed by atoms with Crippen molar-refractivity contribution in [3.05, 3.63) is 65.0 Å². The number of halogens is 1. The number of nitrogens with one attached hydrogen (secondary N) is 2. The summed E-state index contributed by atoms with van der Waals surface area (Å²) < 4.78 is 53.3. The van der Waals surface area contributed by atoms with E-state index in [1.165, 1.54) is 13.2 Å². The number of carbonyl (C=O) groups excluding carboxylic acids is 2. The smallest absolute Gasteiger partial charge is 0.270 e. The summed E-state index contributed by atoms with van der Waals surface area (Å²) in [6.45, 7) is 4.29. The van der Waals surface area contributed by atoms with E-state index in [1.54, 1.807) is 43.3 Å². The molecule has 2 N–H and O–H groups in total. The second-order valence-electron chi connectivity index (χ2n) is 10.3. The molecule has 0 unspecified atom stereocenters. The Bertz CT molecular complexity index is 1370. The van der Waals surface area contributed by atoms with E-state index >= 15 is 4.39 Å². The number of sulfonamides is 1. The third kappa shape index (κ3) is 6.61. The van der Waals surface area contributed by atoms with Crippen LogP contribution in [0.5, 0.6) is 11.5 Å². The van der Waals surface area contributed by atoms with Gasteiger partial charge >= 0.3 is 0 Å². The van der Waals surface area contributed by atoms with Crippen molar-refractivity contribution in [2.24, 2.45) is 0 Å². The van der Waals surface area contributed by atoms with Crippen LogP contribution in [0.1, 0.15) is 69.9 Å². The molecule has 0 saturated heterocycles. The van der Waals surface area contributed by atoms with E-state index in [1.807, 2.05) is 0 Å². The normalized spacial score (nSPS) is 19.4. The molecule has 0 aromatic heterocycles. The van der Waals surface area contributed by atoms with Gasteiger partial charge in [0, 0.05) is 18.1 Å². The fraction of sp³-hybridized carbons (Fsp3) is 0.448. The first-order valence-electron chi connectivity index (χ1n) is 13.3. The van der Waals surface area contributed by atoms with Crippen molar-refractivity contribution in [2.45, 2.75) is 69.6 Å². The topological polar surface area (TPSA) is 111 Å². The van der Waals surface area contributed by atoms with Crippen molar-refractivity contribution >= 4 is 27.4 Å². The Balaban J connectivity index is 1.66. The Morgan fingerprint density at radius 3 is 2.41 bits per heavy atom. The Kier molecular flexibility index (Phi) is 8.64. The van der Waals surface area contributed by atoms with Crippen LogP contribution in [0, 0.1) is 5.82 Å². The fourth-order valence-electron chi connectivity index (χ4n) is 4.77. The van der Waals surface area contributed by atoms with Gasteiger partial charge in [0.2, 0.25) is 10.0 Å². The molecule has 1 aliphatic heterocycles. The van der Waals surface area contributed by atoms with Crippen LogP contribution in [0.25, 0.3) is 5.57 Å². The first-order valence-corrected chi connectivity index (χ1v) is 14.8. The van der Waals surface area contributed by atoms with Crippen molar-refractivity contribution in [1.82, 2.24) is 10.0 Å². The maximum absolute atomic E-state index is 15.4. The third-order valence-corrected chi connectivity index (χ3v) is 8.93. The van der Waals surface area contributed by atoms with Crippen LogP contribution in [-0.4, -0.2) is 39.2 Å². The first-order chi connectivity index (χ1) is 18.6. The van der Waals surface area contributed by atoms with Crippen LogP contribution in [0.4, 0.5) is 4.39 Å². The lowest BCUT2D eigenvalue weighted by atomic mass is 9.78. The van der Waals surface area contributed by atoms with E-state index in [0.29, 0.717) is 42.1 Å². The molecule has 1 saturated carbocycles. The summed E-state index contributed by atoms with van der Waals surface area (Å²) in [6, 6.07) is 11.3. The van der Waals surface area contributed by atoms with E-state index in [2.05, 4.69) is 17.0 Å². The zero-order valence-electron chi connectivity index (χ0n) is 22.5. The highest BCUT2D eigenvalue weighted by Crippen LogP contribution is 2.40. The van der Waals surface area contributed by atoms with Gasteiger partial charge in [-0.2, -0.15) is 0 Å². The number of hydrogen-bond acceptors (Lipinski definition) is 6. The number of amides is 2. The Morgan fingerprint density at radius 2 is 1.79 bits per heavy atom. The third-order valence-electron chi connectivity index (χ3n) is 7.11. The molecule has 2 aromatic carbocycles. The molecule has 1 aliphatic carbocycles. The average Bonchev–Trinajstić information content (AvgIpc) is 3.74. The minimum atomic E-state index is -3.89. The second kappa shape index (κ2) is 11.8. The summed E-state index contributed by atoms with van der Waals surface area (Å²) in [7, 11) is -2.37. The summed E-state index contributed by atoms with van der Waals surface area (Å²) in [5, 5.41) is 2.13. The molecule has 0 radical (unpaired) electrons. The monoisotopic (exact) mass is 558 g/mol. The highest BCUT2D eigenvalue weighted by molar-refractivity contribution is 7.91. The van der Waals surface area contributed by atoms with Gasteiger partial charge in [0.25, 0.3) is 11.8 Å². The molecule has 2 aliphatic rings. The van der Waals surface area contributed by atoms with Crippen LogP contribution >= 0.6 is 0 Å². The number of hydrogen-bond donors (Lipinski definition) is 2. The number of unbranched alkanes of at least 4 members (excludes halogenated alkanes) is 3. The number of ether oxygens (including phenoxy) is 2. The van der Waals surface area contributed by atoms with Crippen molar-refractivity contribution in [3.63, 3.8) is 0 Å². The molecule has 0 spiro atoms. The van der Waals surface area contributed by atoms with Gasteiger partial charge in [0.05, 0.1) is 24.5 Å². The van der Waals surface area contributed by atoms with E-state index in [9.17, 15) is 18.0 Å². The number of rotatable bonds is 12. The van der Waals surface area contributed by atoms with Gasteiger partial charge in [-0.1, -0.05) is 44.4 Å². The Morgan fingerprint density at radius 1 is 1.10 bits per heavy atom. The van der Waals surface area contributed by atoms with Gasteiger partial charge in [-0.05, 0) is 55.5 Å². The molecule has 8 nitrogen and oxygen atoms in total. The minimum Gasteiger partial charge on any atom is -0.497 e. The lowest BCUT2D eigenvalue weighted by Gasteiger charge is -2.37. The van der Waals surface area contributed by atoms with E-state index in [4.69, 9.17) is 9.47 Å². The Hall–Kier alpha value is -3.40. The van der Waals surface area contributed by atoms with Crippen LogP contribution in [0.2, 0.25) is 0 Å². The van der Waals surface area contributed by atoms with Crippen LogP contribution < -0.4 is 19.5 Å². The highest BCUT2D eigenvalue weighted by atomic mass is 32.2. The minimum absolute atomic E-state index is 0.0471.